The zero-order valence-electron chi connectivity index (χ0n) is 9.61. The van der Waals surface area contributed by atoms with Gasteiger partial charge in [-0.05, 0) is 18.1 Å². The van der Waals surface area contributed by atoms with Gasteiger partial charge in [0.15, 0.2) is 0 Å². The van der Waals surface area contributed by atoms with Gasteiger partial charge in [-0.3, -0.25) is 9.59 Å². The number of pyridine rings is 1. The van der Waals surface area contributed by atoms with Gasteiger partial charge in [-0.15, -0.1) is 0 Å². The summed E-state index contributed by atoms with van der Waals surface area (Å²) < 4.78 is 0. The maximum absolute atomic E-state index is 11.7. The molecule has 18 heavy (non-hydrogen) atoms. The lowest BCUT2D eigenvalue weighted by Crippen LogP contribution is -2.29. The first-order valence-corrected chi connectivity index (χ1v) is 5.97. The Morgan fingerprint density at radius 3 is 2.67 bits per heavy atom. The molecule has 1 aromatic rings. The van der Waals surface area contributed by atoms with Gasteiger partial charge in [0.25, 0.3) is 5.91 Å². The number of amides is 1. The Hall–Kier alpha value is -1.33. The predicted octanol–water partition coefficient (Wildman–Crippen LogP) is 2.23. The quantitative estimate of drug-likeness (QED) is 0.815. The number of carboxylic acids is 1. The molecule has 1 heterocycles. The molecule has 98 valence electrons. The molecule has 0 aliphatic carbocycles. The fourth-order valence-corrected chi connectivity index (χ4v) is 1.74. The minimum atomic E-state index is -0.900. The first-order valence-electron chi connectivity index (χ1n) is 5.22. The van der Waals surface area contributed by atoms with Crippen molar-refractivity contribution in [3.63, 3.8) is 0 Å². The lowest BCUT2D eigenvalue weighted by atomic mass is 10.1. The van der Waals surface area contributed by atoms with Gasteiger partial charge >= 0.3 is 5.97 Å². The molecule has 0 fully saturated rings. The summed E-state index contributed by atoms with van der Waals surface area (Å²) in [5.74, 6) is -1.46. The summed E-state index contributed by atoms with van der Waals surface area (Å²) in [4.78, 5) is 25.9. The highest BCUT2D eigenvalue weighted by Crippen LogP contribution is 2.16. The number of nitrogens with one attached hydrogen (secondary N) is 1. The summed E-state index contributed by atoms with van der Waals surface area (Å²) in [6.07, 6.45) is -0.00706. The van der Waals surface area contributed by atoms with Crippen LogP contribution in [-0.2, 0) is 4.79 Å². The van der Waals surface area contributed by atoms with Crippen molar-refractivity contribution in [1.82, 2.24) is 10.3 Å². The summed E-state index contributed by atoms with van der Waals surface area (Å²) >= 11 is 11.4. The van der Waals surface area contributed by atoms with Crippen LogP contribution < -0.4 is 5.32 Å². The minimum Gasteiger partial charge on any atom is -0.481 e. The Morgan fingerprint density at radius 2 is 2.11 bits per heavy atom. The van der Waals surface area contributed by atoms with E-state index in [-0.39, 0.29) is 34.8 Å². The maximum Gasteiger partial charge on any atom is 0.303 e. The Labute approximate surface area is 114 Å². The summed E-state index contributed by atoms with van der Waals surface area (Å²) in [5.41, 5.74) is 0.212. The zero-order chi connectivity index (χ0) is 13.7. The molecule has 1 aromatic heterocycles. The molecule has 1 atom stereocenters. The Bertz CT molecular complexity index is 466. The number of rotatable bonds is 5. The molecule has 7 heteroatoms. The highest BCUT2D eigenvalue weighted by Gasteiger charge is 2.14. The van der Waals surface area contributed by atoms with Crippen LogP contribution in [0.1, 0.15) is 23.7 Å². The number of carboxylic acid groups (broad SMARTS) is 1. The van der Waals surface area contributed by atoms with Crippen molar-refractivity contribution < 1.29 is 14.7 Å². The number of hydrogen-bond acceptors (Lipinski definition) is 3. The smallest absolute Gasteiger partial charge is 0.303 e. The molecule has 0 saturated heterocycles. The minimum absolute atomic E-state index is 0.00706. The van der Waals surface area contributed by atoms with Gasteiger partial charge in [0.1, 0.15) is 10.3 Å². The third-order valence-corrected chi connectivity index (χ3v) is 2.69. The summed E-state index contributed by atoms with van der Waals surface area (Å²) in [7, 11) is 0. The zero-order valence-corrected chi connectivity index (χ0v) is 11.1. The summed E-state index contributed by atoms with van der Waals surface area (Å²) in [5, 5.41) is 11.4. The van der Waals surface area contributed by atoms with E-state index in [0.29, 0.717) is 0 Å². The summed E-state index contributed by atoms with van der Waals surface area (Å²) in [6, 6.07) is 2.93. The third kappa shape index (κ3) is 4.50. The van der Waals surface area contributed by atoms with Gasteiger partial charge in [-0.1, -0.05) is 30.1 Å². The molecule has 0 saturated carbocycles. The van der Waals surface area contributed by atoms with E-state index in [2.05, 4.69) is 10.3 Å². The van der Waals surface area contributed by atoms with Crippen molar-refractivity contribution in [3.8, 4) is 0 Å². The molecule has 1 amide bonds. The standard InChI is InChI=1S/C11H12Cl2N2O3/c1-6(4-9(16)17)5-14-11(18)7-2-3-8(12)15-10(7)13/h2-3,6H,4-5H2,1H3,(H,14,18)(H,16,17). The molecule has 0 bridgehead atoms. The number of carbonyl (C=O) groups is 2. The van der Waals surface area contributed by atoms with E-state index in [4.69, 9.17) is 28.3 Å². The second kappa shape index (κ2) is 6.56. The molecular weight excluding hydrogens is 279 g/mol. The highest BCUT2D eigenvalue weighted by molar-refractivity contribution is 6.34. The van der Waals surface area contributed by atoms with Crippen LogP contribution in [0, 0.1) is 5.92 Å². The number of hydrogen-bond donors (Lipinski definition) is 2. The van der Waals surface area contributed by atoms with Crippen LogP contribution in [0.15, 0.2) is 12.1 Å². The SMILES string of the molecule is CC(CNC(=O)c1ccc(Cl)nc1Cl)CC(=O)O. The average molecular weight is 291 g/mol. The lowest BCUT2D eigenvalue weighted by Gasteiger charge is -2.10. The van der Waals surface area contributed by atoms with Gasteiger partial charge in [-0.25, -0.2) is 4.98 Å². The van der Waals surface area contributed by atoms with Crippen molar-refractivity contribution in [3.05, 3.63) is 28.0 Å². The first-order chi connectivity index (χ1) is 8.40. The van der Waals surface area contributed by atoms with Crippen molar-refractivity contribution >= 4 is 35.1 Å². The molecule has 0 aromatic carbocycles. The van der Waals surface area contributed by atoms with Gasteiger partial charge in [0.05, 0.1) is 5.56 Å². The molecule has 0 radical (unpaired) electrons. The monoisotopic (exact) mass is 290 g/mol. The van der Waals surface area contributed by atoms with E-state index in [9.17, 15) is 9.59 Å². The van der Waals surface area contributed by atoms with Crippen LogP contribution in [0.4, 0.5) is 0 Å². The Balaban J connectivity index is 2.58. The van der Waals surface area contributed by atoms with Crippen LogP contribution in [0.5, 0.6) is 0 Å². The topological polar surface area (TPSA) is 79.3 Å². The molecule has 5 nitrogen and oxygen atoms in total. The molecule has 1 unspecified atom stereocenters. The van der Waals surface area contributed by atoms with E-state index in [0.717, 1.165) is 0 Å². The summed E-state index contributed by atoms with van der Waals surface area (Å²) in [6.45, 7) is 1.99. The number of carbonyl (C=O) groups excluding carboxylic acids is 1. The maximum atomic E-state index is 11.7. The van der Waals surface area contributed by atoms with Crippen molar-refractivity contribution in [2.45, 2.75) is 13.3 Å². The Morgan fingerprint density at radius 1 is 1.44 bits per heavy atom. The van der Waals surface area contributed by atoms with E-state index in [1.807, 2.05) is 0 Å². The van der Waals surface area contributed by atoms with Gasteiger partial charge < -0.3 is 10.4 Å². The third-order valence-electron chi connectivity index (χ3n) is 2.19. The molecule has 0 spiro atoms. The van der Waals surface area contributed by atoms with Crippen molar-refractivity contribution in [2.75, 3.05) is 6.54 Å². The van der Waals surface area contributed by atoms with E-state index in [1.54, 1.807) is 6.92 Å². The lowest BCUT2D eigenvalue weighted by molar-refractivity contribution is -0.137. The van der Waals surface area contributed by atoms with Crippen LogP contribution >= 0.6 is 23.2 Å². The normalized spacial score (nSPS) is 11.9. The molecular formula is C11H12Cl2N2O3. The fraction of sp³-hybridized carbons (Fsp3) is 0.364. The predicted molar refractivity (Wildman–Crippen MR) is 68.0 cm³/mol. The van der Waals surface area contributed by atoms with E-state index >= 15 is 0 Å². The number of halogens is 2. The number of nitrogens with zero attached hydrogens (tertiary/aromatic N) is 1. The number of aliphatic carboxylic acids is 1. The molecule has 0 aliphatic heterocycles. The van der Waals surface area contributed by atoms with Gasteiger partial charge in [0, 0.05) is 13.0 Å². The van der Waals surface area contributed by atoms with Crippen molar-refractivity contribution in [2.24, 2.45) is 5.92 Å². The second-order valence-electron chi connectivity index (χ2n) is 3.89. The van der Waals surface area contributed by atoms with Crippen LogP contribution in [0.2, 0.25) is 10.3 Å². The average Bonchev–Trinajstić information content (AvgIpc) is 2.25. The molecule has 2 N–H and O–H groups in total. The van der Waals surface area contributed by atoms with Crippen molar-refractivity contribution in [1.29, 1.82) is 0 Å². The molecule has 0 aliphatic rings. The van der Waals surface area contributed by atoms with E-state index < -0.39 is 11.9 Å². The van der Waals surface area contributed by atoms with Crippen LogP contribution in [0.3, 0.4) is 0 Å². The van der Waals surface area contributed by atoms with Crippen LogP contribution in [0.25, 0.3) is 0 Å². The highest BCUT2D eigenvalue weighted by atomic mass is 35.5. The van der Waals surface area contributed by atoms with Gasteiger partial charge in [0.2, 0.25) is 0 Å². The van der Waals surface area contributed by atoms with E-state index in [1.165, 1.54) is 12.1 Å². The largest absolute Gasteiger partial charge is 0.481 e. The second-order valence-corrected chi connectivity index (χ2v) is 4.63. The van der Waals surface area contributed by atoms with Gasteiger partial charge in [-0.2, -0.15) is 0 Å². The first kappa shape index (κ1) is 14.7. The molecule has 1 rings (SSSR count). The Kier molecular flexibility index (Phi) is 5.37. The van der Waals surface area contributed by atoms with Crippen LogP contribution in [-0.4, -0.2) is 28.5 Å². The number of aromatic nitrogens is 1. The fourth-order valence-electron chi connectivity index (χ4n) is 1.31.